The molecule has 0 aliphatic carbocycles. The largest absolute Gasteiger partial charge is 0.459 e. The molecule has 0 amide bonds. The second kappa shape index (κ2) is 5.28. The quantitative estimate of drug-likeness (QED) is 0.762. The molecular formula is C15H17N3O. The van der Waals surface area contributed by atoms with Crippen molar-refractivity contribution in [1.82, 2.24) is 14.9 Å². The predicted octanol–water partition coefficient (Wildman–Crippen LogP) is 2.79. The number of hydrogen-bond acceptors (Lipinski definition) is 3. The van der Waals surface area contributed by atoms with E-state index in [2.05, 4.69) is 27.9 Å². The molecule has 0 atom stereocenters. The minimum absolute atomic E-state index is 0.759. The van der Waals surface area contributed by atoms with Gasteiger partial charge in [0, 0.05) is 23.3 Å². The van der Waals surface area contributed by atoms with Crippen LogP contribution in [-0.2, 0) is 13.1 Å². The fourth-order valence-electron chi connectivity index (χ4n) is 2.27. The van der Waals surface area contributed by atoms with Crippen LogP contribution in [0, 0.1) is 0 Å². The Hall–Kier alpha value is -2.07. The minimum Gasteiger partial charge on any atom is -0.459 e. The average Bonchev–Trinajstić information content (AvgIpc) is 3.06. The van der Waals surface area contributed by atoms with Crippen molar-refractivity contribution in [2.75, 3.05) is 6.54 Å². The third-order valence-electron chi connectivity index (χ3n) is 3.22. The SMILES string of the molecule is CCNCc1oc2ccccc2c1Cn1ccnc1. The van der Waals surface area contributed by atoms with Gasteiger partial charge in [0.15, 0.2) is 0 Å². The van der Waals surface area contributed by atoms with E-state index < -0.39 is 0 Å². The maximum atomic E-state index is 5.95. The summed E-state index contributed by atoms with van der Waals surface area (Å²) in [5.41, 5.74) is 2.18. The summed E-state index contributed by atoms with van der Waals surface area (Å²) in [5, 5.41) is 4.51. The Bertz CT molecular complexity index is 655. The van der Waals surface area contributed by atoms with Gasteiger partial charge in [-0.1, -0.05) is 25.1 Å². The van der Waals surface area contributed by atoms with Crippen LogP contribution >= 0.6 is 0 Å². The van der Waals surface area contributed by atoms with E-state index in [1.807, 2.05) is 30.7 Å². The maximum Gasteiger partial charge on any atom is 0.134 e. The summed E-state index contributed by atoms with van der Waals surface area (Å²) < 4.78 is 8.02. The summed E-state index contributed by atoms with van der Waals surface area (Å²) in [7, 11) is 0. The van der Waals surface area contributed by atoms with Crippen LogP contribution < -0.4 is 5.32 Å². The second-order valence-corrected chi connectivity index (χ2v) is 4.52. The molecule has 3 aromatic rings. The molecule has 98 valence electrons. The Morgan fingerprint density at radius 3 is 3.00 bits per heavy atom. The van der Waals surface area contributed by atoms with Gasteiger partial charge in [-0.05, 0) is 12.6 Å². The number of nitrogens with one attached hydrogen (secondary N) is 1. The van der Waals surface area contributed by atoms with E-state index in [9.17, 15) is 0 Å². The third kappa shape index (κ3) is 2.39. The van der Waals surface area contributed by atoms with Gasteiger partial charge in [-0.3, -0.25) is 0 Å². The lowest BCUT2D eigenvalue weighted by atomic mass is 10.1. The highest BCUT2D eigenvalue weighted by Crippen LogP contribution is 2.26. The molecule has 0 unspecified atom stereocenters. The first-order chi connectivity index (χ1) is 9.38. The zero-order valence-electron chi connectivity index (χ0n) is 11.0. The van der Waals surface area contributed by atoms with Gasteiger partial charge < -0.3 is 14.3 Å². The van der Waals surface area contributed by atoms with E-state index in [1.165, 1.54) is 10.9 Å². The number of furan rings is 1. The topological polar surface area (TPSA) is 43.0 Å². The summed E-state index contributed by atoms with van der Waals surface area (Å²) in [6.45, 7) is 4.58. The summed E-state index contributed by atoms with van der Waals surface area (Å²) in [4.78, 5) is 4.09. The first-order valence-electron chi connectivity index (χ1n) is 6.54. The zero-order valence-corrected chi connectivity index (χ0v) is 11.0. The smallest absolute Gasteiger partial charge is 0.134 e. The van der Waals surface area contributed by atoms with Crippen molar-refractivity contribution in [2.45, 2.75) is 20.0 Å². The molecule has 2 aromatic heterocycles. The molecule has 3 rings (SSSR count). The highest BCUT2D eigenvalue weighted by molar-refractivity contribution is 5.82. The van der Waals surface area contributed by atoms with Crippen molar-refractivity contribution in [2.24, 2.45) is 0 Å². The number of nitrogens with zero attached hydrogens (tertiary/aromatic N) is 2. The highest BCUT2D eigenvalue weighted by Gasteiger charge is 2.13. The molecule has 0 spiro atoms. The van der Waals surface area contributed by atoms with Crippen molar-refractivity contribution in [3.63, 3.8) is 0 Å². The van der Waals surface area contributed by atoms with Crippen LogP contribution in [0.1, 0.15) is 18.2 Å². The number of rotatable bonds is 5. The molecule has 0 aliphatic rings. The lowest BCUT2D eigenvalue weighted by molar-refractivity contribution is 0.511. The summed E-state index contributed by atoms with van der Waals surface area (Å²) in [6.07, 6.45) is 5.60. The number of hydrogen-bond donors (Lipinski definition) is 1. The number of para-hydroxylation sites is 1. The molecule has 1 aromatic carbocycles. The van der Waals surface area contributed by atoms with Gasteiger partial charge in [-0.2, -0.15) is 0 Å². The molecule has 0 fully saturated rings. The molecule has 4 nitrogen and oxygen atoms in total. The summed E-state index contributed by atoms with van der Waals surface area (Å²) >= 11 is 0. The van der Waals surface area contributed by atoms with Crippen LogP contribution in [0.25, 0.3) is 11.0 Å². The molecule has 0 saturated carbocycles. The fourth-order valence-corrected chi connectivity index (χ4v) is 2.27. The molecule has 4 heteroatoms. The predicted molar refractivity (Wildman–Crippen MR) is 74.9 cm³/mol. The van der Waals surface area contributed by atoms with Gasteiger partial charge in [0.1, 0.15) is 11.3 Å². The van der Waals surface area contributed by atoms with Crippen molar-refractivity contribution < 1.29 is 4.42 Å². The van der Waals surface area contributed by atoms with Gasteiger partial charge in [0.2, 0.25) is 0 Å². The van der Waals surface area contributed by atoms with Gasteiger partial charge >= 0.3 is 0 Å². The molecule has 2 heterocycles. The third-order valence-corrected chi connectivity index (χ3v) is 3.22. The lowest BCUT2D eigenvalue weighted by Crippen LogP contribution is -2.13. The Morgan fingerprint density at radius 2 is 2.21 bits per heavy atom. The van der Waals surface area contributed by atoms with E-state index in [4.69, 9.17) is 4.42 Å². The van der Waals surface area contributed by atoms with E-state index in [0.717, 1.165) is 31.0 Å². The number of imidazole rings is 1. The van der Waals surface area contributed by atoms with E-state index in [0.29, 0.717) is 0 Å². The van der Waals surface area contributed by atoms with E-state index >= 15 is 0 Å². The van der Waals surface area contributed by atoms with Gasteiger partial charge in [-0.25, -0.2) is 4.98 Å². The average molecular weight is 255 g/mol. The van der Waals surface area contributed by atoms with E-state index in [1.54, 1.807) is 6.20 Å². The Balaban J connectivity index is 2.02. The van der Waals surface area contributed by atoms with Crippen LogP contribution in [0.15, 0.2) is 47.4 Å². The standard InChI is InChI=1S/C15H17N3O/c1-2-16-9-15-13(10-18-8-7-17-11-18)12-5-3-4-6-14(12)19-15/h3-8,11,16H,2,9-10H2,1H3. The molecule has 0 radical (unpaired) electrons. The Morgan fingerprint density at radius 1 is 1.32 bits per heavy atom. The van der Waals surface area contributed by atoms with Crippen molar-refractivity contribution >= 4 is 11.0 Å². The Labute approximate surface area is 112 Å². The van der Waals surface area contributed by atoms with Crippen molar-refractivity contribution in [3.8, 4) is 0 Å². The monoisotopic (exact) mass is 255 g/mol. The molecule has 19 heavy (non-hydrogen) atoms. The highest BCUT2D eigenvalue weighted by atomic mass is 16.3. The molecule has 1 N–H and O–H groups in total. The normalized spacial score (nSPS) is 11.2. The van der Waals surface area contributed by atoms with Gasteiger partial charge in [0.05, 0.1) is 19.4 Å². The second-order valence-electron chi connectivity index (χ2n) is 4.52. The molecular weight excluding hydrogens is 238 g/mol. The summed E-state index contributed by atoms with van der Waals surface area (Å²) in [6, 6.07) is 8.18. The summed E-state index contributed by atoms with van der Waals surface area (Å²) in [5.74, 6) is 1.01. The van der Waals surface area contributed by atoms with Crippen molar-refractivity contribution in [1.29, 1.82) is 0 Å². The van der Waals surface area contributed by atoms with Gasteiger partial charge in [0.25, 0.3) is 0 Å². The lowest BCUT2D eigenvalue weighted by Gasteiger charge is -2.04. The van der Waals surface area contributed by atoms with Crippen LogP contribution in [-0.4, -0.2) is 16.1 Å². The Kier molecular flexibility index (Phi) is 3.33. The van der Waals surface area contributed by atoms with Crippen LogP contribution in [0.4, 0.5) is 0 Å². The number of benzene rings is 1. The van der Waals surface area contributed by atoms with Crippen LogP contribution in [0.2, 0.25) is 0 Å². The van der Waals surface area contributed by atoms with Crippen LogP contribution in [0.5, 0.6) is 0 Å². The fraction of sp³-hybridized carbons (Fsp3) is 0.267. The van der Waals surface area contributed by atoms with Crippen molar-refractivity contribution in [3.05, 3.63) is 54.3 Å². The minimum atomic E-state index is 0.759. The van der Waals surface area contributed by atoms with E-state index in [-0.39, 0.29) is 0 Å². The van der Waals surface area contributed by atoms with Gasteiger partial charge in [-0.15, -0.1) is 0 Å². The maximum absolute atomic E-state index is 5.95. The first-order valence-corrected chi connectivity index (χ1v) is 6.54. The molecule has 0 aliphatic heterocycles. The molecule has 0 saturated heterocycles. The zero-order chi connectivity index (χ0) is 13.1. The number of fused-ring (bicyclic) bond motifs is 1. The number of aromatic nitrogens is 2. The molecule has 0 bridgehead atoms. The van der Waals surface area contributed by atoms with Crippen LogP contribution in [0.3, 0.4) is 0 Å². The first kappa shape index (κ1) is 12.0.